The molecule has 0 radical (unpaired) electrons. The van der Waals surface area contributed by atoms with Crippen molar-refractivity contribution in [2.45, 2.75) is 58.1 Å². The van der Waals surface area contributed by atoms with Gasteiger partial charge in [-0.25, -0.2) is 0 Å². The van der Waals surface area contributed by atoms with Crippen LogP contribution in [-0.2, 0) is 4.79 Å². The molecule has 4 heteroatoms. The molecule has 2 unspecified atom stereocenters. The minimum atomic E-state index is 0.154. The summed E-state index contributed by atoms with van der Waals surface area (Å²) in [7, 11) is 0. The molecule has 1 aliphatic heterocycles. The molecule has 1 saturated heterocycles. The maximum atomic E-state index is 12.5. The Hall–Kier alpha value is -1.55. The van der Waals surface area contributed by atoms with E-state index in [0.29, 0.717) is 5.91 Å². The van der Waals surface area contributed by atoms with Gasteiger partial charge < -0.3 is 15.4 Å². The van der Waals surface area contributed by atoms with Gasteiger partial charge in [-0.15, -0.1) is 0 Å². The van der Waals surface area contributed by atoms with E-state index in [1.807, 2.05) is 4.90 Å². The number of hydrogen-bond acceptors (Lipinski definition) is 3. The minimum Gasteiger partial charge on any atom is -0.490 e. The summed E-state index contributed by atoms with van der Waals surface area (Å²) in [4.78, 5) is 14.6. The molecule has 2 atom stereocenters. The van der Waals surface area contributed by atoms with Gasteiger partial charge in [-0.05, 0) is 50.3 Å². The fourth-order valence-corrected chi connectivity index (χ4v) is 3.71. The van der Waals surface area contributed by atoms with E-state index >= 15 is 0 Å². The molecule has 1 aromatic carbocycles. The molecule has 2 fully saturated rings. The van der Waals surface area contributed by atoms with Crippen LogP contribution in [0.2, 0.25) is 0 Å². The zero-order valence-corrected chi connectivity index (χ0v) is 14.3. The first-order chi connectivity index (χ1) is 11.0. The van der Waals surface area contributed by atoms with Gasteiger partial charge in [0, 0.05) is 37.9 Å². The average Bonchev–Trinajstić information content (AvgIpc) is 2.97. The Morgan fingerprint density at radius 3 is 2.57 bits per heavy atom. The Morgan fingerprint density at radius 1 is 1.17 bits per heavy atom. The molecule has 0 aromatic heterocycles. The van der Waals surface area contributed by atoms with Crippen LogP contribution in [0.25, 0.3) is 0 Å². The zero-order valence-electron chi connectivity index (χ0n) is 14.3. The molecule has 0 spiro atoms. The molecule has 126 valence electrons. The summed E-state index contributed by atoms with van der Waals surface area (Å²) < 4.78 is 6.18. The van der Waals surface area contributed by atoms with E-state index < -0.39 is 0 Å². The number of nitrogens with zero attached hydrogens (tertiary/aromatic N) is 1. The van der Waals surface area contributed by atoms with Crippen LogP contribution in [0.1, 0.15) is 43.2 Å². The summed E-state index contributed by atoms with van der Waals surface area (Å²) >= 11 is 0. The summed E-state index contributed by atoms with van der Waals surface area (Å²) in [5, 5.41) is 0. The first kappa shape index (κ1) is 16.3. The predicted octanol–water partition coefficient (Wildman–Crippen LogP) is 2.80. The highest BCUT2D eigenvalue weighted by molar-refractivity contribution is 5.79. The second kappa shape index (κ2) is 6.91. The van der Waals surface area contributed by atoms with Crippen LogP contribution in [0.4, 0.5) is 0 Å². The molecule has 4 nitrogen and oxygen atoms in total. The van der Waals surface area contributed by atoms with Crippen LogP contribution in [0.15, 0.2) is 18.2 Å². The van der Waals surface area contributed by atoms with E-state index in [0.717, 1.165) is 50.9 Å². The van der Waals surface area contributed by atoms with Crippen LogP contribution < -0.4 is 10.5 Å². The van der Waals surface area contributed by atoms with Crippen LogP contribution in [0.3, 0.4) is 0 Å². The van der Waals surface area contributed by atoms with Gasteiger partial charge >= 0.3 is 0 Å². The van der Waals surface area contributed by atoms with Crippen molar-refractivity contribution in [3.05, 3.63) is 29.3 Å². The first-order valence-electron chi connectivity index (χ1n) is 8.81. The number of likely N-dealkylation sites (tertiary alicyclic amines) is 1. The topological polar surface area (TPSA) is 55.6 Å². The molecule has 1 saturated carbocycles. The van der Waals surface area contributed by atoms with Gasteiger partial charge in [0.1, 0.15) is 11.9 Å². The zero-order chi connectivity index (χ0) is 16.4. The van der Waals surface area contributed by atoms with Gasteiger partial charge in [0.2, 0.25) is 5.91 Å². The van der Waals surface area contributed by atoms with Crippen molar-refractivity contribution >= 4 is 5.91 Å². The Labute approximate surface area is 139 Å². The fraction of sp³-hybridized carbons (Fsp3) is 0.632. The highest BCUT2D eigenvalue weighted by atomic mass is 16.5. The van der Waals surface area contributed by atoms with Crippen molar-refractivity contribution in [3.8, 4) is 5.75 Å². The van der Waals surface area contributed by atoms with Gasteiger partial charge in [-0.3, -0.25) is 4.79 Å². The molecule has 1 amide bonds. The van der Waals surface area contributed by atoms with E-state index in [1.54, 1.807) is 0 Å². The quantitative estimate of drug-likeness (QED) is 0.933. The number of amides is 1. The highest BCUT2D eigenvalue weighted by Crippen LogP contribution is 2.28. The molecule has 0 bridgehead atoms. The number of nitrogens with two attached hydrogens (primary N) is 1. The van der Waals surface area contributed by atoms with Crippen LogP contribution >= 0.6 is 0 Å². The van der Waals surface area contributed by atoms with E-state index in [1.165, 1.54) is 11.1 Å². The second-order valence-corrected chi connectivity index (χ2v) is 7.18. The van der Waals surface area contributed by atoms with E-state index in [-0.39, 0.29) is 18.1 Å². The molecular weight excluding hydrogens is 288 g/mol. The lowest BCUT2D eigenvalue weighted by Crippen LogP contribution is -2.44. The van der Waals surface area contributed by atoms with Gasteiger partial charge in [0.05, 0.1) is 0 Å². The highest BCUT2D eigenvalue weighted by Gasteiger charge is 2.33. The summed E-state index contributed by atoms with van der Waals surface area (Å²) in [6.07, 6.45) is 4.85. The first-order valence-corrected chi connectivity index (χ1v) is 8.81. The van der Waals surface area contributed by atoms with Gasteiger partial charge in [-0.2, -0.15) is 0 Å². The molecule has 23 heavy (non-hydrogen) atoms. The van der Waals surface area contributed by atoms with Crippen LogP contribution in [-0.4, -0.2) is 36.0 Å². The lowest BCUT2D eigenvalue weighted by atomic mass is 10.0. The number of rotatable bonds is 3. The van der Waals surface area contributed by atoms with Crippen molar-refractivity contribution in [1.29, 1.82) is 0 Å². The number of carbonyl (C=O) groups excluding carboxylic acids is 1. The lowest BCUT2D eigenvalue weighted by Gasteiger charge is -2.34. The monoisotopic (exact) mass is 316 g/mol. The van der Waals surface area contributed by atoms with E-state index in [2.05, 4.69) is 32.0 Å². The molecule has 3 rings (SSSR count). The maximum Gasteiger partial charge on any atom is 0.225 e. The second-order valence-electron chi connectivity index (χ2n) is 7.18. The SMILES string of the molecule is Cc1ccc(C)c(OC2CCN(C(=O)C3CCC(N)C3)CC2)c1. The Kier molecular flexibility index (Phi) is 4.90. The maximum absolute atomic E-state index is 12.5. The van der Waals surface area contributed by atoms with Crippen LogP contribution in [0, 0.1) is 19.8 Å². The van der Waals surface area contributed by atoms with Crippen molar-refractivity contribution in [2.75, 3.05) is 13.1 Å². The van der Waals surface area contributed by atoms with Gasteiger partial charge in [-0.1, -0.05) is 12.1 Å². The smallest absolute Gasteiger partial charge is 0.225 e. The van der Waals surface area contributed by atoms with E-state index in [9.17, 15) is 4.79 Å². The third kappa shape index (κ3) is 3.86. The van der Waals surface area contributed by atoms with Gasteiger partial charge in [0.25, 0.3) is 0 Å². The number of hydrogen-bond donors (Lipinski definition) is 1. The Morgan fingerprint density at radius 2 is 1.91 bits per heavy atom. The van der Waals surface area contributed by atoms with E-state index in [4.69, 9.17) is 10.5 Å². The third-order valence-corrected chi connectivity index (χ3v) is 5.21. The number of benzene rings is 1. The third-order valence-electron chi connectivity index (χ3n) is 5.21. The Balaban J connectivity index is 1.52. The number of carbonyl (C=O) groups is 1. The largest absolute Gasteiger partial charge is 0.490 e. The van der Waals surface area contributed by atoms with Crippen molar-refractivity contribution in [3.63, 3.8) is 0 Å². The number of piperidine rings is 1. The van der Waals surface area contributed by atoms with Gasteiger partial charge in [0.15, 0.2) is 0 Å². The molecule has 2 N–H and O–H groups in total. The number of aryl methyl sites for hydroxylation is 2. The van der Waals surface area contributed by atoms with Crippen LogP contribution in [0.5, 0.6) is 5.75 Å². The summed E-state index contributed by atoms with van der Waals surface area (Å²) in [6, 6.07) is 6.53. The van der Waals surface area contributed by atoms with Crippen molar-refractivity contribution < 1.29 is 9.53 Å². The average molecular weight is 316 g/mol. The predicted molar refractivity (Wildman–Crippen MR) is 91.5 cm³/mol. The summed E-state index contributed by atoms with van der Waals surface area (Å²) in [5.41, 5.74) is 8.33. The van der Waals surface area contributed by atoms with Crippen molar-refractivity contribution in [1.82, 2.24) is 4.90 Å². The van der Waals surface area contributed by atoms with Crippen molar-refractivity contribution in [2.24, 2.45) is 11.7 Å². The Bertz CT molecular complexity index is 564. The number of ether oxygens (including phenoxy) is 1. The molecule has 1 aromatic rings. The summed E-state index contributed by atoms with van der Waals surface area (Å²) in [5.74, 6) is 1.45. The molecular formula is C19H28N2O2. The lowest BCUT2D eigenvalue weighted by molar-refractivity contribution is -0.137. The summed E-state index contributed by atoms with van der Waals surface area (Å²) in [6.45, 7) is 5.77. The standard InChI is InChI=1S/C19H28N2O2/c1-13-3-4-14(2)18(11-13)23-17-7-9-21(10-8-17)19(22)15-5-6-16(20)12-15/h3-4,11,15-17H,5-10,12,20H2,1-2H3. The normalized spacial score (nSPS) is 25.6. The molecule has 1 aliphatic carbocycles. The fourth-order valence-electron chi connectivity index (χ4n) is 3.71. The molecule has 2 aliphatic rings. The molecule has 1 heterocycles. The minimum absolute atomic E-state index is 0.154.